The second kappa shape index (κ2) is 8.83. The summed E-state index contributed by atoms with van der Waals surface area (Å²) in [5.41, 5.74) is 2.25. The SMILES string of the molecule is COc1ccc(F)cc1CSc1nnc(Nc2cccc(NC(C)=O)c2)s1. The maximum atomic E-state index is 13.4. The summed E-state index contributed by atoms with van der Waals surface area (Å²) >= 11 is 2.85. The van der Waals surface area contributed by atoms with E-state index < -0.39 is 0 Å². The topological polar surface area (TPSA) is 76.1 Å². The van der Waals surface area contributed by atoms with Crippen LogP contribution in [-0.4, -0.2) is 23.2 Å². The first-order valence-corrected chi connectivity index (χ1v) is 9.77. The van der Waals surface area contributed by atoms with Crippen molar-refractivity contribution < 1.29 is 13.9 Å². The van der Waals surface area contributed by atoms with Crippen molar-refractivity contribution in [2.75, 3.05) is 17.7 Å². The third-order valence-corrected chi connectivity index (χ3v) is 5.46. The maximum absolute atomic E-state index is 13.4. The lowest BCUT2D eigenvalue weighted by Crippen LogP contribution is -2.05. The molecule has 2 N–H and O–H groups in total. The van der Waals surface area contributed by atoms with Crippen molar-refractivity contribution in [2.24, 2.45) is 0 Å². The molecule has 0 atom stereocenters. The van der Waals surface area contributed by atoms with Gasteiger partial charge >= 0.3 is 0 Å². The molecule has 140 valence electrons. The summed E-state index contributed by atoms with van der Waals surface area (Å²) in [6.07, 6.45) is 0. The Morgan fingerprint density at radius 2 is 2.04 bits per heavy atom. The molecule has 1 amide bonds. The van der Waals surface area contributed by atoms with Crippen molar-refractivity contribution in [3.63, 3.8) is 0 Å². The first-order chi connectivity index (χ1) is 13.0. The Labute approximate surface area is 164 Å². The Kier molecular flexibility index (Phi) is 6.25. The lowest BCUT2D eigenvalue weighted by Gasteiger charge is -2.07. The first kappa shape index (κ1) is 19.1. The molecule has 0 unspecified atom stereocenters. The van der Waals surface area contributed by atoms with E-state index in [0.717, 1.165) is 15.6 Å². The van der Waals surface area contributed by atoms with Gasteiger partial charge in [-0.1, -0.05) is 29.2 Å². The number of methoxy groups -OCH3 is 1. The minimum atomic E-state index is -0.301. The summed E-state index contributed by atoms with van der Waals surface area (Å²) < 4.78 is 19.4. The molecule has 3 rings (SSSR count). The molecule has 0 bridgehead atoms. The number of carbonyl (C=O) groups is 1. The summed E-state index contributed by atoms with van der Waals surface area (Å²) in [5, 5.41) is 14.8. The molecule has 0 fully saturated rings. The zero-order valence-corrected chi connectivity index (χ0v) is 16.3. The van der Waals surface area contributed by atoms with Crippen LogP contribution in [0.25, 0.3) is 0 Å². The number of hydrogen-bond donors (Lipinski definition) is 2. The Morgan fingerprint density at radius 3 is 2.81 bits per heavy atom. The predicted octanol–water partition coefficient (Wildman–Crippen LogP) is 4.68. The molecule has 3 aromatic rings. The average molecular weight is 404 g/mol. The monoisotopic (exact) mass is 404 g/mol. The van der Waals surface area contributed by atoms with Gasteiger partial charge in [0.05, 0.1) is 7.11 Å². The Bertz CT molecular complexity index is 949. The van der Waals surface area contributed by atoms with Gasteiger partial charge in [-0.2, -0.15) is 0 Å². The van der Waals surface area contributed by atoms with Crippen molar-refractivity contribution in [3.05, 3.63) is 53.8 Å². The van der Waals surface area contributed by atoms with E-state index in [4.69, 9.17) is 4.74 Å². The van der Waals surface area contributed by atoms with Gasteiger partial charge in [0.15, 0.2) is 4.34 Å². The van der Waals surface area contributed by atoms with Gasteiger partial charge in [-0.3, -0.25) is 4.79 Å². The highest BCUT2D eigenvalue weighted by atomic mass is 32.2. The largest absolute Gasteiger partial charge is 0.496 e. The second-order valence-electron chi connectivity index (χ2n) is 5.50. The highest BCUT2D eigenvalue weighted by Crippen LogP contribution is 2.32. The van der Waals surface area contributed by atoms with Gasteiger partial charge in [0.25, 0.3) is 0 Å². The number of aromatic nitrogens is 2. The number of benzene rings is 2. The zero-order valence-electron chi connectivity index (χ0n) is 14.7. The van der Waals surface area contributed by atoms with Crippen LogP contribution in [0.3, 0.4) is 0 Å². The van der Waals surface area contributed by atoms with E-state index in [0.29, 0.717) is 22.3 Å². The lowest BCUT2D eigenvalue weighted by molar-refractivity contribution is -0.114. The Hall–Kier alpha value is -2.65. The summed E-state index contributed by atoms with van der Waals surface area (Å²) in [4.78, 5) is 11.2. The van der Waals surface area contributed by atoms with Gasteiger partial charge in [-0.05, 0) is 36.4 Å². The van der Waals surface area contributed by atoms with Crippen LogP contribution in [0.1, 0.15) is 12.5 Å². The van der Waals surface area contributed by atoms with Crippen LogP contribution in [0.2, 0.25) is 0 Å². The number of anilines is 3. The molecule has 0 saturated heterocycles. The normalized spacial score (nSPS) is 10.5. The van der Waals surface area contributed by atoms with Gasteiger partial charge in [-0.15, -0.1) is 10.2 Å². The number of nitrogens with one attached hydrogen (secondary N) is 2. The highest BCUT2D eigenvalue weighted by molar-refractivity contribution is 8.00. The van der Waals surface area contributed by atoms with E-state index in [1.807, 2.05) is 18.2 Å². The maximum Gasteiger partial charge on any atom is 0.221 e. The number of halogens is 1. The van der Waals surface area contributed by atoms with E-state index in [2.05, 4.69) is 20.8 Å². The third kappa shape index (κ3) is 5.41. The minimum absolute atomic E-state index is 0.130. The van der Waals surface area contributed by atoms with Crippen molar-refractivity contribution in [2.45, 2.75) is 17.0 Å². The van der Waals surface area contributed by atoms with Crippen LogP contribution >= 0.6 is 23.1 Å². The van der Waals surface area contributed by atoms with Crippen LogP contribution < -0.4 is 15.4 Å². The van der Waals surface area contributed by atoms with Gasteiger partial charge in [0, 0.05) is 29.6 Å². The summed E-state index contributed by atoms with van der Waals surface area (Å²) in [6, 6.07) is 11.8. The molecule has 9 heteroatoms. The smallest absolute Gasteiger partial charge is 0.221 e. The summed E-state index contributed by atoms with van der Waals surface area (Å²) in [7, 11) is 1.56. The van der Waals surface area contributed by atoms with E-state index >= 15 is 0 Å². The molecule has 27 heavy (non-hydrogen) atoms. The summed E-state index contributed by atoms with van der Waals surface area (Å²) in [6.45, 7) is 1.46. The van der Waals surface area contributed by atoms with E-state index in [9.17, 15) is 9.18 Å². The zero-order chi connectivity index (χ0) is 19.2. The third-order valence-electron chi connectivity index (χ3n) is 3.43. The minimum Gasteiger partial charge on any atom is -0.496 e. The summed E-state index contributed by atoms with van der Waals surface area (Å²) in [5.74, 6) is 0.731. The molecule has 0 spiro atoms. The Balaban J connectivity index is 1.64. The van der Waals surface area contributed by atoms with E-state index in [1.54, 1.807) is 19.2 Å². The molecule has 1 aromatic heterocycles. The molecule has 0 aliphatic heterocycles. The molecular weight excluding hydrogens is 387 g/mol. The van der Waals surface area contributed by atoms with Gasteiger partial charge in [0.1, 0.15) is 11.6 Å². The predicted molar refractivity (Wildman–Crippen MR) is 106 cm³/mol. The number of rotatable bonds is 7. The van der Waals surface area contributed by atoms with Gasteiger partial charge in [-0.25, -0.2) is 4.39 Å². The molecule has 2 aromatic carbocycles. The molecule has 1 heterocycles. The fraction of sp³-hybridized carbons (Fsp3) is 0.167. The van der Waals surface area contributed by atoms with E-state index in [-0.39, 0.29) is 11.7 Å². The molecule has 0 aliphatic carbocycles. The average Bonchev–Trinajstić information content (AvgIpc) is 3.07. The van der Waals surface area contributed by atoms with Crippen LogP contribution in [-0.2, 0) is 10.5 Å². The number of amides is 1. The van der Waals surface area contributed by atoms with Crippen LogP contribution in [0.4, 0.5) is 20.9 Å². The van der Waals surface area contributed by atoms with Crippen molar-refractivity contribution in [1.29, 1.82) is 0 Å². The van der Waals surface area contributed by atoms with Gasteiger partial charge in [0.2, 0.25) is 11.0 Å². The number of thioether (sulfide) groups is 1. The van der Waals surface area contributed by atoms with Crippen LogP contribution in [0.5, 0.6) is 5.75 Å². The van der Waals surface area contributed by atoms with Gasteiger partial charge < -0.3 is 15.4 Å². The molecular formula is C18H17FN4O2S2. The fourth-order valence-electron chi connectivity index (χ4n) is 2.32. The molecule has 0 radical (unpaired) electrons. The van der Waals surface area contributed by atoms with Crippen molar-refractivity contribution in [1.82, 2.24) is 10.2 Å². The number of hydrogen-bond acceptors (Lipinski definition) is 7. The second-order valence-corrected chi connectivity index (χ2v) is 7.70. The molecule has 0 aliphatic rings. The molecule has 0 saturated carbocycles. The van der Waals surface area contributed by atoms with E-state index in [1.165, 1.54) is 42.2 Å². The van der Waals surface area contributed by atoms with Crippen molar-refractivity contribution in [3.8, 4) is 5.75 Å². The Morgan fingerprint density at radius 1 is 1.22 bits per heavy atom. The number of ether oxygens (including phenoxy) is 1. The molecule has 6 nitrogen and oxygen atoms in total. The van der Waals surface area contributed by atoms with Crippen LogP contribution in [0, 0.1) is 5.82 Å². The fourth-order valence-corrected chi connectivity index (χ4v) is 4.07. The quantitative estimate of drug-likeness (QED) is 0.557. The van der Waals surface area contributed by atoms with Crippen molar-refractivity contribution >= 4 is 45.5 Å². The first-order valence-electron chi connectivity index (χ1n) is 7.97. The highest BCUT2D eigenvalue weighted by Gasteiger charge is 2.09. The van der Waals surface area contributed by atoms with Crippen LogP contribution in [0.15, 0.2) is 46.8 Å². The number of nitrogens with zero attached hydrogens (tertiary/aromatic N) is 2. The standard InChI is InChI=1S/C18H17FN4O2S2/c1-11(24)20-14-4-3-5-15(9-14)21-17-22-23-18(27-17)26-10-12-8-13(19)6-7-16(12)25-2/h3-9H,10H2,1-2H3,(H,20,24)(H,21,22). The lowest BCUT2D eigenvalue weighted by atomic mass is 10.2. The number of carbonyl (C=O) groups excluding carboxylic acids is 1.